The van der Waals surface area contributed by atoms with E-state index in [0.29, 0.717) is 29.4 Å². The van der Waals surface area contributed by atoms with Crippen LogP contribution in [0.5, 0.6) is 0 Å². The first kappa shape index (κ1) is 20.1. The Hall–Kier alpha value is -3.21. The van der Waals surface area contributed by atoms with Crippen LogP contribution in [0.1, 0.15) is 25.0 Å². The quantitative estimate of drug-likeness (QED) is 0.625. The number of aromatic nitrogens is 5. The second-order valence-electron chi connectivity index (χ2n) is 7.03. The molecule has 0 aromatic carbocycles. The van der Waals surface area contributed by atoms with Crippen molar-refractivity contribution in [3.05, 3.63) is 36.4 Å². The minimum atomic E-state index is -2.69. The lowest BCUT2D eigenvalue weighted by atomic mass is 9.97. The lowest BCUT2D eigenvalue weighted by Crippen LogP contribution is -2.44. The molecule has 1 aliphatic heterocycles. The predicted octanol–water partition coefficient (Wildman–Crippen LogP) is 1.45. The summed E-state index contributed by atoms with van der Waals surface area (Å²) in [5.41, 5.74) is 1.07. The highest BCUT2D eigenvalue weighted by atomic mass is 19.3. The second kappa shape index (κ2) is 8.66. The monoisotopic (exact) mass is 417 g/mol. The van der Waals surface area contributed by atoms with Crippen LogP contribution < -0.4 is 10.2 Å². The van der Waals surface area contributed by atoms with Gasteiger partial charge in [-0.15, -0.1) is 0 Å². The molecule has 0 saturated carbocycles. The van der Waals surface area contributed by atoms with Crippen LogP contribution >= 0.6 is 0 Å². The summed E-state index contributed by atoms with van der Waals surface area (Å²) in [4.78, 5) is 27.1. The van der Waals surface area contributed by atoms with E-state index < -0.39 is 6.43 Å². The highest BCUT2D eigenvalue weighted by Gasteiger charge is 2.26. The molecule has 1 fully saturated rings. The molecule has 0 aliphatic carbocycles. The number of amides is 1. The predicted molar refractivity (Wildman–Crippen MR) is 104 cm³/mol. The Balaban J connectivity index is 1.59. The van der Waals surface area contributed by atoms with Gasteiger partial charge in [0.2, 0.25) is 5.91 Å². The van der Waals surface area contributed by atoms with Gasteiger partial charge in [-0.1, -0.05) is 0 Å². The molecular formula is C19H21F2N7O2. The Morgan fingerprint density at radius 3 is 2.97 bits per heavy atom. The molecule has 1 saturated heterocycles. The zero-order valence-electron chi connectivity index (χ0n) is 16.1. The minimum Gasteiger partial charge on any atom is -0.395 e. The Kier molecular flexibility index (Phi) is 5.79. The van der Waals surface area contributed by atoms with Crippen LogP contribution in [0.4, 0.5) is 14.6 Å². The number of alkyl halides is 2. The Morgan fingerprint density at radius 2 is 2.17 bits per heavy atom. The SMILES string of the molecule is O=C(NCCO)C1CCCN(c2cc(-c3cnc4ccc(C(F)F)nn34)ncn2)C1. The van der Waals surface area contributed by atoms with Crippen LogP contribution in [-0.4, -0.2) is 61.8 Å². The van der Waals surface area contributed by atoms with E-state index in [1.54, 1.807) is 6.07 Å². The molecule has 1 atom stereocenters. The van der Waals surface area contributed by atoms with Gasteiger partial charge in [0.1, 0.15) is 23.5 Å². The number of hydrogen-bond acceptors (Lipinski definition) is 7. The summed E-state index contributed by atoms with van der Waals surface area (Å²) in [6, 6.07) is 4.48. The molecule has 0 radical (unpaired) electrons. The number of aliphatic hydroxyl groups is 1. The van der Waals surface area contributed by atoms with Crippen LogP contribution in [0, 0.1) is 5.92 Å². The van der Waals surface area contributed by atoms with Crippen molar-refractivity contribution in [1.82, 2.24) is 29.9 Å². The van der Waals surface area contributed by atoms with Gasteiger partial charge in [-0.3, -0.25) is 4.79 Å². The first-order chi connectivity index (χ1) is 14.6. The van der Waals surface area contributed by atoms with Crippen molar-refractivity contribution in [3.8, 4) is 11.4 Å². The topological polar surface area (TPSA) is 109 Å². The summed E-state index contributed by atoms with van der Waals surface area (Å²) in [6.07, 6.45) is 1.83. The summed E-state index contributed by atoms with van der Waals surface area (Å²) >= 11 is 0. The molecule has 3 aromatic heterocycles. The van der Waals surface area contributed by atoms with Crippen LogP contribution in [0.3, 0.4) is 0 Å². The van der Waals surface area contributed by atoms with E-state index in [1.807, 2.05) is 4.90 Å². The molecule has 4 heterocycles. The lowest BCUT2D eigenvalue weighted by molar-refractivity contribution is -0.125. The number of nitrogens with zero attached hydrogens (tertiary/aromatic N) is 6. The number of halogens is 2. The van der Waals surface area contributed by atoms with Gasteiger partial charge in [-0.2, -0.15) is 5.10 Å². The smallest absolute Gasteiger partial charge is 0.282 e. The molecule has 0 bridgehead atoms. The van der Waals surface area contributed by atoms with E-state index in [-0.39, 0.29) is 30.7 Å². The zero-order valence-corrected chi connectivity index (χ0v) is 16.1. The highest BCUT2D eigenvalue weighted by molar-refractivity contribution is 5.79. The van der Waals surface area contributed by atoms with Gasteiger partial charge >= 0.3 is 0 Å². The van der Waals surface area contributed by atoms with Crippen molar-refractivity contribution < 1.29 is 18.7 Å². The normalized spacial score (nSPS) is 16.9. The van der Waals surface area contributed by atoms with E-state index in [4.69, 9.17) is 5.11 Å². The fraction of sp³-hybridized carbons (Fsp3) is 0.421. The van der Waals surface area contributed by atoms with E-state index in [1.165, 1.54) is 29.2 Å². The number of imidazole rings is 1. The van der Waals surface area contributed by atoms with Crippen molar-refractivity contribution in [3.63, 3.8) is 0 Å². The van der Waals surface area contributed by atoms with Crippen LogP contribution in [0.25, 0.3) is 17.0 Å². The zero-order chi connectivity index (χ0) is 21.1. The van der Waals surface area contributed by atoms with Gasteiger partial charge in [-0.25, -0.2) is 28.2 Å². The van der Waals surface area contributed by atoms with Crippen LogP contribution in [0.2, 0.25) is 0 Å². The summed E-state index contributed by atoms with van der Waals surface area (Å²) in [5.74, 6) is 0.350. The number of anilines is 1. The molecule has 3 aromatic rings. The number of carbonyl (C=O) groups excluding carboxylic acids is 1. The van der Waals surface area contributed by atoms with Gasteiger partial charge in [0.15, 0.2) is 5.65 Å². The number of aliphatic hydroxyl groups excluding tert-OH is 1. The maximum absolute atomic E-state index is 13.0. The van der Waals surface area contributed by atoms with E-state index in [0.717, 1.165) is 19.4 Å². The summed E-state index contributed by atoms with van der Waals surface area (Å²) in [6.45, 7) is 1.36. The summed E-state index contributed by atoms with van der Waals surface area (Å²) < 4.78 is 27.4. The van der Waals surface area contributed by atoms with Gasteiger partial charge in [0, 0.05) is 25.7 Å². The van der Waals surface area contributed by atoms with Crippen LogP contribution in [0.15, 0.2) is 30.7 Å². The average molecular weight is 417 g/mol. The van der Waals surface area contributed by atoms with E-state index in [2.05, 4.69) is 25.4 Å². The van der Waals surface area contributed by atoms with E-state index >= 15 is 0 Å². The fourth-order valence-corrected chi connectivity index (χ4v) is 3.56. The number of fused-ring (bicyclic) bond motifs is 1. The Labute approximate surface area is 170 Å². The third-order valence-electron chi connectivity index (χ3n) is 5.05. The first-order valence-electron chi connectivity index (χ1n) is 9.65. The Bertz CT molecular complexity index is 1040. The van der Waals surface area contributed by atoms with Gasteiger partial charge in [0.25, 0.3) is 6.43 Å². The first-order valence-corrected chi connectivity index (χ1v) is 9.65. The second-order valence-corrected chi connectivity index (χ2v) is 7.03. The number of piperidine rings is 1. The van der Waals surface area contributed by atoms with Gasteiger partial charge < -0.3 is 15.3 Å². The summed E-state index contributed by atoms with van der Waals surface area (Å²) in [7, 11) is 0. The molecule has 158 valence electrons. The number of hydrogen-bond donors (Lipinski definition) is 2. The third-order valence-corrected chi connectivity index (χ3v) is 5.05. The molecule has 2 N–H and O–H groups in total. The minimum absolute atomic E-state index is 0.0893. The number of nitrogens with one attached hydrogen (secondary N) is 1. The van der Waals surface area contributed by atoms with E-state index in [9.17, 15) is 13.6 Å². The molecule has 4 rings (SSSR count). The standard InChI is InChI=1S/C19H21F2N7O2/c20-18(21)13-3-4-16-23-9-15(28(16)26-13)14-8-17(25-11-24-14)27-6-1-2-12(10-27)19(30)22-5-7-29/h3-4,8-9,11-12,18,29H,1-2,5-7,10H2,(H,22,30). The van der Waals surface area contributed by atoms with Crippen molar-refractivity contribution in [2.75, 3.05) is 31.1 Å². The molecule has 1 aliphatic rings. The van der Waals surface area contributed by atoms with Crippen molar-refractivity contribution >= 4 is 17.4 Å². The maximum atomic E-state index is 13.0. The molecular weight excluding hydrogens is 396 g/mol. The highest BCUT2D eigenvalue weighted by Crippen LogP contribution is 2.26. The molecule has 1 unspecified atom stereocenters. The molecule has 30 heavy (non-hydrogen) atoms. The molecule has 11 heteroatoms. The number of rotatable bonds is 6. The third kappa shape index (κ3) is 4.06. The van der Waals surface area contributed by atoms with Crippen molar-refractivity contribution in [2.24, 2.45) is 5.92 Å². The largest absolute Gasteiger partial charge is 0.395 e. The Morgan fingerprint density at radius 1 is 1.30 bits per heavy atom. The summed E-state index contributed by atoms with van der Waals surface area (Å²) in [5, 5.41) is 15.6. The number of carbonyl (C=O) groups is 1. The van der Waals surface area contributed by atoms with Gasteiger partial charge in [0.05, 0.1) is 24.4 Å². The fourth-order valence-electron chi connectivity index (χ4n) is 3.56. The van der Waals surface area contributed by atoms with Crippen molar-refractivity contribution in [2.45, 2.75) is 19.3 Å². The molecule has 1 amide bonds. The van der Waals surface area contributed by atoms with Crippen LogP contribution in [-0.2, 0) is 4.79 Å². The maximum Gasteiger partial charge on any atom is 0.282 e. The van der Waals surface area contributed by atoms with Gasteiger partial charge in [-0.05, 0) is 25.0 Å². The average Bonchev–Trinajstić information content (AvgIpc) is 3.21. The molecule has 0 spiro atoms. The lowest BCUT2D eigenvalue weighted by Gasteiger charge is -2.32. The molecule has 9 nitrogen and oxygen atoms in total. The van der Waals surface area contributed by atoms with Crippen molar-refractivity contribution in [1.29, 1.82) is 0 Å².